The minimum absolute atomic E-state index is 0.0679. The third kappa shape index (κ3) is 4.12. The monoisotopic (exact) mass is 451 g/mol. The largest absolute Gasteiger partial charge is 0.493 e. The highest BCUT2D eigenvalue weighted by Crippen LogP contribution is 2.34. The average Bonchev–Trinajstić information content (AvgIpc) is 3.04. The maximum Gasteiger partial charge on any atom is 0.331 e. The van der Waals surface area contributed by atoms with Crippen LogP contribution in [0.25, 0.3) is 10.9 Å². The number of aromatic amines is 1. The van der Waals surface area contributed by atoms with Gasteiger partial charge in [-0.1, -0.05) is 12.1 Å². The van der Waals surface area contributed by atoms with Crippen LogP contribution in [0.15, 0.2) is 35.1 Å². The lowest BCUT2D eigenvalue weighted by Crippen LogP contribution is -2.31. The molecule has 1 aliphatic rings. The smallest absolute Gasteiger partial charge is 0.331 e. The van der Waals surface area contributed by atoms with E-state index in [1.807, 2.05) is 6.07 Å². The number of aryl methyl sites for hydroxylation is 1. The molecule has 1 fully saturated rings. The predicted octanol–water partition coefficient (Wildman–Crippen LogP) is 1.94. The number of nitrogens with zero attached hydrogens (tertiary/aromatic N) is 3. The number of carbonyl (C=O) groups is 2. The molecule has 4 rings (SSSR count). The van der Waals surface area contributed by atoms with Crippen LogP contribution in [0.3, 0.4) is 0 Å². The van der Waals surface area contributed by atoms with Crippen molar-refractivity contribution >= 4 is 28.5 Å². The Morgan fingerprint density at radius 2 is 1.91 bits per heavy atom. The van der Waals surface area contributed by atoms with Crippen LogP contribution in [0.2, 0.25) is 0 Å². The molecule has 0 unspecified atom stereocenters. The van der Waals surface area contributed by atoms with Crippen LogP contribution in [-0.2, 0) is 17.9 Å². The molecule has 3 amide bonds. The molecule has 1 aromatic heterocycles. The van der Waals surface area contributed by atoms with Crippen LogP contribution in [0.5, 0.6) is 11.5 Å². The molecule has 0 radical (unpaired) electrons. The highest BCUT2D eigenvalue weighted by molar-refractivity contribution is 6.19. The number of rotatable bonds is 7. The summed E-state index contributed by atoms with van der Waals surface area (Å²) < 4.78 is 10.8. The van der Waals surface area contributed by atoms with Gasteiger partial charge in [0, 0.05) is 25.2 Å². The molecule has 10 heteroatoms. The third-order valence-corrected chi connectivity index (χ3v) is 5.57. The Balaban J connectivity index is 1.51. The van der Waals surface area contributed by atoms with E-state index in [0.717, 1.165) is 5.56 Å². The van der Waals surface area contributed by atoms with Crippen molar-refractivity contribution in [1.82, 2.24) is 20.2 Å². The van der Waals surface area contributed by atoms with Crippen LogP contribution < -0.4 is 25.2 Å². The summed E-state index contributed by atoms with van der Waals surface area (Å²) in [4.78, 5) is 46.9. The number of hydrogen-bond donors (Lipinski definition) is 2. The Labute approximate surface area is 190 Å². The number of benzene rings is 2. The Morgan fingerprint density at radius 3 is 2.58 bits per heavy atom. The minimum atomic E-state index is -0.351. The van der Waals surface area contributed by atoms with Crippen molar-refractivity contribution in [2.45, 2.75) is 20.0 Å². The number of hydrogen-bond acceptors (Lipinski definition) is 7. The molecule has 2 N–H and O–H groups in total. The number of nitrogens with one attached hydrogen (secondary N) is 2. The topological polar surface area (TPSA) is 117 Å². The van der Waals surface area contributed by atoms with E-state index < -0.39 is 0 Å². The van der Waals surface area contributed by atoms with Gasteiger partial charge >= 0.3 is 6.03 Å². The molecule has 2 aromatic carbocycles. The number of ether oxygens (including phenoxy) is 2. The van der Waals surface area contributed by atoms with E-state index in [1.165, 1.54) is 16.9 Å². The molecule has 0 aliphatic carbocycles. The molecular formula is C23H25N5O5. The molecule has 0 saturated carbocycles. The normalized spacial score (nSPS) is 13.8. The number of amides is 3. The fourth-order valence-corrected chi connectivity index (χ4v) is 4.00. The summed E-state index contributed by atoms with van der Waals surface area (Å²) >= 11 is 0. The Morgan fingerprint density at radius 1 is 1.12 bits per heavy atom. The van der Waals surface area contributed by atoms with Crippen molar-refractivity contribution < 1.29 is 19.1 Å². The lowest BCUT2D eigenvalue weighted by atomic mass is 10.1. The molecule has 2 heterocycles. The van der Waals surface area contributed by atoms with Gasteiger partial charge in [-0.15, -0.1) is 0 Å². The molecule has 1 saturated heterocycles. The first-order valence-electron chi connectivity index (χ1n) is 10.4. The molecule has 172 valence electrons. The van der Waals surface area contributed by atoms with Gasteiger partial charge in [0.1, 0.15) is 12.4 Å². The third-order valence-electron chi connectivity index (χ3n) is 5.57. The van der Waals surface area contributed by atoms with Gasteiger partial charge in [-0.2, -0.15) is 4.98 Å². The van der Waals surface area contributed by atoms with E-state index in [1.54, 1.807) is 45.3 Å². The quantitative estimate of drug-likeness (QED) is 0.527. The fourth-order valence-electron chi connectivity index (χ4n) is 4.00. The number of imide groups is 1. The number of H-pyrrole nitrogens is 1. The van der Waals surface area contributed by atoms with Crippen molar-refractivity contribution in [3.63, 3.8) is 0 Å². The summed E-state index contributed by atoms with van der Waals surface area (Å²) in [5, 5.41) is 3.69. The van der Waals surface area contributed by atoms with E-state index in [-0.39, 0.29) is 24.0 Å². The summed E-state index contributed by atoms with van der Waals surface area (Å²) in [6.07, 6.45) is 0. The van der Waals surface area contributed by atoms with E-state index >= 15 is 0 Å². The predicted molar refractivity (Wildman–Crippen MR) is 123 cm³/mol. The number of aromatic nitrogens is 2. The number of carbonyl (C=O) groups excluding carboxylic acids is 2. The first-order chi connectivity index (χ1) is 15.8. The zero-order chi connectivity index (χ0) is 23.7. The first-order valence-corrected chi connectivity index (χ1v) is 10.4. The summed E-state index contributed by atoms with van der Waals surface area (Å²) in [6, 6.07) is 8.58. The molecule has 10 nitrogen and oxygen atoms in total. The van der Waals surface area contributed by atoms with E-state index in [0.29, 0.717) is 52.6 Å². The van der Waals surface area contributed by atoms with Crippen molar-refractivity contribution in [1.29, 1.82) is 0 Å². The summed E-state index contributed by atoms with van der Waals surface area (Å²) in [5.41, 5.74) is 2.33. The maximum absolute atomic E-state index is 12.7. The van der Waals surface area contributed by atoms with Crippen molar-refractivity contribution in [3.05, 3.63) is 57.6 Å². The SMILES string of the molecule is COc1cc2[nH]c(CNCc3cccc(N4C(=O)CN(C)C4=O)c3)nc(=O)c2c(C)c1OC. The summed E-state index contributed by atoms with van der Waals surface area (Å²) in [7, 11) is 4.66. The molecule has 0 spiro atoms. The standard InChI is InChI=1S/C23H25N5O5/c1-13-20-16(9-17(32-3)21(13)33-4)25-18(26-22(20)30)11-24-10-14-6-5-7-15(8-14)28-19(29)12-27(2)23(28)31/h5-9,24H,10-12H2,1-4H3,(H,25,26,30). The van der Waals surface area contributed by atoms with Crippen LogP contribution in [0.4, 0.5) is 10.5 Å². The van der Waals surface area contributed by atoms with Gasteiger partial charge in [0.05, 0.1) is 37.4 Å². The van der Waals surface area contributed by atoms with E-state index in [9.17, 15) is 14.4 Å². The summed E-state index contributed by atoms with van der Waals surface area (Å²) in [5.74, 6) is 1.25. The van der Waals surface area contributed by atoms with Crippen LogP contribution >= 0.6 is 0 Å². The van der Waals surface area contributed by atoms with Crippen LogP contribution in [0, 0.1) is 6.92 Å². The molecular weight excluding hydrogens is 426 g/mol. The first kappa shape index (κ1) is 22.3. The average molecular weight is 451 g/mol. The van der Waals surface area contributed by atoms with Gasteiger partial charge in [0.15, 0.2) is 11.5 Å². The Hall–Kier alpha value is -3.92. The number of fused-ring (bicyclic) bond motifs is 1. The second kappa shape index (κ2) is 8.91. The maximum atomic E-state index is 12.7. The Bertz CT molecular complexity index is 1300. The lowest BCUT2D eigenvalue weighted by Gasteiger charge is -2.15. The van der Waals surface area contributed by atoms with Gasteiger partial charge in [-0.3, -0.25) is 9.59 Å². The Kier molecular flexibility index (Phi) is 6.01. The fraction of sp³-hybridized carbons (Fsp3) is 0.304. The number of likely N-dealkylation sites (N-methyl/N-ethyl adjacent to an activating group) is 1. The van der Waals surface area contributed by atoms with E-state index in [4.69, 9.17) is 9.47 Å². The van der Waals surface area contributed by atoms with E-state index in [2.05, 4.69) is 15.3 Å². The van der Waals surface area contributed by atoms with Gasteiger partial charge in [0.2, 0.25) is 0 Å². The minimum Gasteiger partial charge on any atom is -0.493 e. The van der Waals surface area contributed by atoms with Crippen molar-refractivity contribution in [3.8, 4) is 11.5 Å². The van der Waals surface area contributed by atoms with Gasteiger partial charge in [-0.25, -0.2) is 9.69 Å². The van der Waals surface area contributed by atoms with Crippen molar-refractivity contribution in [2.75, 3.05) is 32.7 Å². The number of anilines is 1. The van der Waals surface area contributed by atoms with Crippen LogP contribution in [0.1, 0.15) is 17.0 Å². The number of urea groups is 1. The van der Waals surface area contributed by atoms with Crippen LogP contribution in [-0.4, -0.2) is 54.6 Å². The lowest BCUT2D eigenvalue weighted by molar-refractivity contribution is -0.116. The van der Waals surface area contributed by atoms with Gasteiger partial charge in [-0.05, 0) is 24.6 Å². The molecule has 33 heavy (non-hydrogen) atoms. The number of methoxy groups -OCH3 is 2. The molecule has 0 bridgehead atoms. The highest BCUT2D eigenvalue weighted by Gasteiger charge is 2.34. The second-order valence-corrected chi connectivity index (χ2v) is 7.79. The molecule has 0 atom stereocenters. The van der Waals surface area contributed by atoms with Crippen molar-refractivity contribution in [2.24, 2.45) is 0 Å². The zero-order valence-electron chi connectivity index (χ0n) is 18.9. The highest BCUT2D eigenvalue weighted by atomic mass is 16.5. The van der Waals surface area contributed by atoms with Gasteiger partial charge in [0.25, 0.3) is 11.5 Å². The summed E-state index contributed by atoms with van der Waals surface area (Å²) in [6.45, 7) is 2.62. The van der Waals surface area contributed by atoms with Gasteiger partial charge < -0.3 is 24.7 Å². The zero-order valence-corrected chi connectivity index (χ0v) is 18.9. The molecule has 3 aromatic rings. The second-order valence-electron chi connectivity index (χ2n) is 7.79. The molecule has 1 aliphatic heterocycles.